The zero-order valence-corrected chi connectivity index (χ0v) is 14.0. The minimum absolute atomic E-state index is 0.0144. The molecule has 0 aliphatic heterocycles. The second-order valence-corrected chi connectivity index (χ2v) is 8.23. The SMILES string of the molecule is O=C(CCS(=O)(=O)C1CCCC1)NCc1cccc(OC(F)F)c1. The van der Waals surface area contributed by atoms with E-state index < -0.39 is 16.4 Å². The largest absolute Gasteiger partial charge is 0.435 e. The van der Waals surface area contributed by atoms with E-state index in [4.69, 9.17) is 0 Å². The number of halogens is 2. The number of sulfone groups is 1. The molecule has 1 fully saturated rings. The fraction of sp³-hybridized carbons (Fsp3) is 0.562. The monoisotopic (exact) mass is 361 g/mol. The van der Waals surface area contributed by atoms with Crippen LogP contribution in [-0.4, -0.2) is 31.9 Å². The first-order valence-corrected chi connectivity index (χ1v) is 9.60. The zero-order valence-electron chi connectivity index (χ0n) is 13.2. The second kappa shape index (κ2) is 8.41. The highest BCUT2D eigenvalue weighted by atomic mass is 32.2. The number of benzene rings is 1. The highest BCUT2D eigenvalue weighted by molar-refractivity contribution is 7.92. The number of ether oxygens (including phenoxy) is 1. The van der Waals surface area contributed by atoms with E-state index in [9.17, 15) is 22.0 Å². The summed E-state index contributed by atoms with van der Waals surface area (Å²) in [7, 11) is -3.22. The highest BCUT2D eigenvalue weighted by Gasteiger charge is 2.28. The number of amides is 1. The number of nitrogens with one attached hydrogen (secondary N) is 1. The Kier molecular flexibility index (Phi) is 6.53. The van der Waals surface area contributed by atoms with Crippen LogP contribution in [0.1, 0.15) is 37.7 Å². The zero-order chi connectivity index (χ0) is 17.6. The summed E-state index contributed by atoms with van der Waals surface area (Å²) in [6.07, 6.45) is 3.12. The average Bonchev–Trinajstić information content (AvgIpc) is 3.06. The summed E-state index contributed by atoms with van der Waals surface area (Å²) in [5.41, 5.74) is 0.597. The summed E-state index contributed by atoms with van der Waals surface area (Å²) in [4.78, 5) is 11.8. The Morgan fingerprint density at radius 3 is 2.67 bits per heavy atom. The van der Waals surface area contributed by atoms with Crippen molar-refractivity contribution in [2.75, 3.05) is 5.75 Å². The van der Waals surface area contributed by atoms with Gasteiger partial charge in [-0.05, 0) is 30.5 Å². The van der Waals surface area contributed by atoms with Gasteiger partial charge in [0.05, 0.1) is 11.0 Å². The molecule has 1 aromatic carbocycles. The lowest BCUT2D eigenvalue weighted by Gasteiger charge is -2.11. The molecule has 0 aromatic heterocycles. The molecule has 1 amide bonds. The molecular weight excluding hydrogens is 340 g/mol. The van der Waals surface area contributed by atoms with Crippen LogP contribution in [0.25, 0.3) is 0 Å². The Bertz CT molecular complexity index is 658. The van der Waals surface area contributed by atoms with Crippen LogP contribution in [0.5, 0.6) is 5.75 Å². The third-order valence-corrected chi connectivity index (χ3v) is 6.30. The van der Waals surface area contributed by atoms with Gasteiger partial charge in [-0.25, -0.2) is 8.42 Å². The van der Waals surface area contributed by atoms with E-state index in [1.54, 1.807) is 12.1 Å². The summed E-state index contributed by atoms with van der Waals surface area (Å²) in [6.45, 7) is -2.78. The van der Waals surface area contributed by atoms with Gasteiger partial charge in [0.2, 0.25) is 5.91 Å². The van der Waals surface area contributed by atoms with Gasteiger partial charge in [-0.3, -0.25) is 4.79 Å². The van der Waals surface area contributed by atoms with Crippen molar-refractivity contribution >= 4 is 15.7 Å². The van der Waals surface area contributed by atoms with Gasteiger partial charge < -0.3 is 10.1 Å². The molecule has 0 unspecified atom stereocenters. The van der Waals surface area contributed by atoms with Crippen molar-refractivity contribution in [1.82, 2.24) is 5.32 Å². The number of hydrogen-bond acceptors (Lipinski definition) is 4. The van der Waals surface area contributed by atoms with Crippen LogP contribution in [0, 0.1) is 0 Å². The molecule has 0 saturated heterocycles. The van der Waals surface area contributed by atoms with Gasteiger partial charge in [0.15, 0.2) is 9.84 Å². The Balaban J connectivity index is 1.78. The number of rotatable bonds is 8. The molecule has 1 aliphatic carbocycles. The lowest BCUT2D eigenvalue weighted by molar-refractivity contribution is -0.120. The van der Waals surface area contributed by atoms with Gasteiger partial charge >= 0.3 is 6.61 Å². The molecule has 1 aromatic rings. The van der Waals surface area contributed by atoms with Crippen molar-refractivity contribution in [3.63, 3.8) is 0 Å². The third kappa shape index (κ3) is 5.74. The third-order valence-electron chi connectivity index (χ3n) is 4.04. The van der Waals surface area contributed by atoms with Crippen LogP contribution in [0.3, 0.4) is 0 Å². The van der Waals surface area contributed by atoms with Crippen LogP contribution in [-0.2, 0) is 21.2 Å². The van der Waals surface area contributed by atoms with Crippen molar-refractivity contribution in [2.24, 2.45) is 0 Å². The molecule has 134 valence electrons. The van der Waals surface area contributed by atoms with Gasteiger partial charge in [-0.2, -0.15) is 8.78 Å². The van der Waals surface area contributed by atoms with E-state index in [2.05, 4.69) is 10.1 Å². The molecule has 24 heavy (non-hydrogen) atoms. The molecule has 1 saturated carbocycles. The molecule has 2 rings (SSSR count). The van der Waals surface area contributed by atoms with Crippen molar-refractivity contribution in [3.05, 3.63) is 29.8 Å². The van der Waals surface area contributed by atoms with Gasteiger partial charge in [-0.1, -0.05) is 25.0 Å². The summed E-state index contributed by atoms with van der Waals surface area (Å²) in [5, 5.41) is 2.28. The van der Waals surface area contributed by atoms with Crippen molar-refractivity contribution < 1.29 is 26.7 Å². The van der Waals surface area contributed by atoms with Crippen LogP contribution in [0.4, 0.5) is 8.78 Å². The summed E-state index contributed by atoms with van der Waals surface area (Å²) < 4.78 is 52.8. The highest BCUT2D eigenvalue weighted by Crippen LogP contribution is 2.25. The smallest absolute Gasteiger partial charge is 0.387 e. The first-order chi connectivity index (χ1) is 11.4. The topological polar surface area (TPSA) is 72.5 Å². The van der Waals surface area contributed by atoms with Gasteiger partial charge in [0.25, 0.3) is 0 Å². The minimum Gasteiger partial charge on any atom is -0.435 e. The van der Waals surface area contributed by atoms with E-state index in [0.29, 0.717) is 18.4 Å². The first-order valence-electron chi connectivity index (χ1n) is 7.89. The molecule has 0 spiro atoms. The van der Waals surface area contributed by atoms with Crippen molar-refractivity contribution in [3.8, 4) is 5.75 Å². The van der Waals surface area contributed by atoms with E-state index in [0.717, 1.165) is 12.8 Å². The van der Waals surface area contributed by atoms with E-state index in [1.165, 1.54) is 12.1 Å². The van der Waals surface area contributed by atoms with Crippen LogP contribution >= 0.6 is 0 Å². The molecule has 0 heterocycles. The maximum atomic E-state index is 12.2. The molecule has 0 atom stereocenters. The van der Waals surface area contributed by atoms with E-state index in [1.807, 2.05) is 0 Å². The Labute approximate surface area is 140 Å². The molecule has 1 N–H and O–H groups in total. The van der Waals surface area contributed by atoms with E-state index in [-0.39, 0.29) is 35.6 Å². The Hall–Kier alpha value is -1.70. The average molecular weight is 361 g/mol. The van der Waals surface area contributed by atoms with Gasteiger partial charge in [0.1, 0.15) is 5.75 Å². The number of hydrogen-bond donors (Lipinski definition) is 1. The van der Waals surface area contributed by atoms with Gasteiger partial charge in [0, 0.05) is 13.0 Å². The number of carbonyl (C=O) groups is 1. The first kappa shape index (κ1) is 18.6. The molecule has 5 nitrogen and oxygen atoms in total. The fourth-order valence-corrected chi connectivity index (χ4v) is 4.62. The maximum absolute atomic E-state index is 12.2. The Morgan fingerprint density at radius 2 is 2.00 bits per heavy atom. The molecule has 1 aliphatic rings. The molecular formula is C16H21F2NO4S. The minimum atomic E-state index is -3.22. The maximum Gasteiger partial charge on any atom is 0.387 e. The van der Waals surface area contributed by atoms with Crippen LogP contribution in [0.2, 0.25) is 0 Å². The quantitative estimate of drug-likeness (QED) is 0.773. The van der Waals surface area contributed by atoms with Crippen LogP contribution in [0.15, 0.2) is 24.3 Å². The number of alkyl halides is 2. The lowest BCUT2D eigenvalue weighted by atomic mass is 10.2. The normalized spacial score (nSPS) is 15.6. The summed E-state index contributed by atoms with van der Waals surface area (Å²) >= 11 is 0. The fourth-order valence-electron chi connectivity index (χ4n) is 2.77. The van der Waals surface area contributed by atoms with Crippen LogP contribution < -0.4 is 10.1 Å². The predicted molar refractivity (Wildman–Crippen MR) is 85.6 cm³/mol. The predicted octanol–water partition coefficient (Wildman–Crippen LogP) is 2.65. The molecule has 0 radical (unpaired) electrons. The molecule has 8 heteroatoms. The standard InChI is InChI=1S/C16H21F2NO4S/c17-16(18)23-13-5-3-4-12(10-13)11-19-15(20)8-9-24(21,22)14-6-1-2-7-14/h3-5,10,14,16H,1-2,6-9,11H2,(H,19,20). The molecule has 0 bridgehead atoms. The van der Waals surface area contributed by atoms with Gasteiger partial charge in [-0.15, -0.1) is 0 Å². The van der Waals surface area contributed by atoms with E-state index >= 15 is 0 Å². The number of carbonyl (C=O) groups excluding carboxylic acids is 1. The second-order valence-electron chi connectivity index (χ2n) is 5.83. The van der Waals surface area contributed by atoms with Crippen molar-refractivity contribution in [2.45, 2.75) is 50.5 Å². The Morgan fingerprint density at radius 1 is 1.29 bits per heavy atom. The summed E-state index contributed by atoms with van der Waals surface area (Å²) in [6, 6.07) is 6.00. The summed E-state index contributed by atoms with van der Waals surface area (Å²) in [5.74, 6) is -0.518. The lowest BCUT2D eigenvalue weighted by Crippen LogP contribution is -2.28. The van der Waals surface area contributed by atoms with Crippen molar-refractivity contribution in [1.29, 1.82) is 0 Å².